The van der Waals surface area contributed by atoms with E-state index >= 15 is 0 Å². The van der Waals surface area contributed by atoms with E-state index in [9.17, 15) is 9.59 Å². The molecular formula is C16H19Cl3O4Si. The lowest BCUT2D eigenvalue weighted by atomic mass is 10.2. The monoisotopic (exact) mass is 408 g/mol. The molecule has 8 heteroatoms. The molecule has 0 aliphatic heterocycles. The van der Waals surface area contributed by atoms with Crippen LogP contribution in [0.2, 0.25) is 6.04 Å². The van der Waals surface area contributed by atoms with Crippen molar-refractivity contribution in [2.24, 2.45) is 0 Å². The Morgan fingerprint density at radius 1 is 1.08 bits per heavy atom. The van der Waals surface area contributed by atoms with Gasteiger partial charge < -0.3 is 9.47 Å². The molecule has 0 aliphatic carbocycles. The van der Waals surface area contributed by atoms with Crippen LogP contribution in [0.3, 0.4) is 0 Å². The van der Waals surface area contributed by atoms with Crippen molar-refractivity contribution in [1.82, 2.24) is 0 Å². The van der Waals surface area contributed by atoms with Gasteiger partial charge in [0.05, 0.1) is 7.11 Å². The molecule has 0 bridgehead atoms. The second kappa shape index (κ2) is 10.8. The Morgan fingerprint density at radius 3 is 2.33 bits per heavy atom. The van der Waals surface area contributed by atoms with Crippen molar-refractivity contribution in [2.45, 2.75) is 31.7 Å². The van der Waals surface area contributed by atoms with Gasteiger partial charge in [-0.25, -0.2) is 4.79 Å². The summed E-state index contributed by atoms with van der Waals surface area (Å²) in [7, 11) is 1.31. The number of unbranched alkanes of at least 4 members (excludes halogenated alkanes) is 2. The van der Waals surface area contributed by atoms with Crippen molar-refractivity contribution in [2.75, 3.05) is 7.11 Å². The van der Waals surface area contributed by atoms with Crippen LogP contribution in [-0.4, -0.2) is 25.1 Å². The second-order valence-corrected chi connectivity index (χ2v) is 14.4. The van der Waals surface area contributed by atoms with Crippen LogP contribution in [0.25, 0.3) is 6.08 Å². The molecule has 0 fully saturated rings. The van der Waals surface area contributed by atoms with Crippen molar-refractivity contribution in [3.8, 4) is 5.75 Å². The van der Waals surface area contributed by atoms with Crippen molar-refractivity contribution < 1.29 is 19.1 Å². The number of carbonyl (C=O) groups is 2. The Labute approximate surface area is 156 Å². The fourth-order valence-corrected chi connectivity index (χ4v) is 3.69. The highest BCUT2D eigenvalue weighted by Crippen LogP contribution is 2.27. The first-order chi connectivity index (χ1) is 11.3. The quantitative estimate of drug-likeness (QED) is 0.144. The number of esters is 2. The molecule has 0 atom stereocenters. The Morgan fingerprint density at radius 2 is 1.75 bits per heavy atom. The highest BCUT2D eigenvalue weighted by Gasteiger charge is 2.23. The summed E-state index contributed by atoms with van der Waals surface area (Å²) in [6.07, 6.45) is 5.59. The average molecular weight is 410 g/mol. The molecular weight excluding hydrogens is 391 g/mol. The van der Waals surface area contributed by atoms with E-state index in [2.05, 4.69) is 4.74 Å². The van der Waals surface area contributed by atoms with E-state index in [-0.39, 0.29) is 5.97 Å². The minimum Gasteiger partial charge on any atom is -0.466 e. The smallest absolute Gasteiger partial charge is 0.341 e. The van der Waals surface area contributed by atoms with Gasteiger partial charge in [0.1, 0.15) is 5.75 Å². The minimum atomic E-state index is -2.55. The third kappa shape index (κ3) is 9.98. The molecule has 1 rings (SSSR count). The summed E-state index contributed by atoms with van der Waals surface area (Å²) < 4.78 is 9.75. The fourth-order valence-electron chi connectivity index (χ4n) is 1.83. The zero-order valence-corrected chi connectivity index (χ0v) is 16.5. The molecule has 0 aromatic heterocycles. The number of carbonyl (C=O) groups excluding carboxylic acids is 2. The van der Waals surface area contributed by atoms with Crippen molar-refractivity contribution in [3.05, 3.63) is 35.9 Å². The lowest BCUT2D eigenvalue weighted by Crippen LogP contribution is -2.09. The van der Waals surface area contributed by atoms with Gasteiger partial charge >= 0.3 is 17.9 Å². The van der Waals surface area contributed by atoms with Gasteiger partial charge in [-0.3, -0.25) is 4.79 Å². The maximum Gasteiger partial charge on any atom is 0.341 e. The third-order valence-corrected chi connectivity index (χ3v) is 5.69. The Hall–Kier alpha value is -1.01. The molecule has 24 heavy (non-hydrogen) atoms. The highest BCUT2D eigenvalue weighted by molar-refractivity contribution is 7.64. The lowest BCUT2D eigenvalue weighted by molar-refractivity contribution is -0.135. The van der Waals surface area contributed by atoms with E-state index in [1.807, 2.05) is 0 Å². The maximum atomic E-state index is 11.7. The summed E-state index contributed by atoms with van der Waals surface area (Å²) in [5, 5.41) is 0. The molecule has 4 nitrogen and oxygen atoms in total. The van der Waals surface area contributed by atoms with Crippen LogP contribution in [0.5, 0.6) is 5.75 Å². The van der Waals surface area contributed by atoms with Gasteiger partial charge in [-0.15, -0.1) is 33.2 Å². The molecule has 0 heterocycles. The van der Waals surface area contributed by atoms with Gasteiger partial charge in [0.2, 0.25) is 0 Å². The topological polar surface area (TPSA) is 52.6 Å². The predicted octanol–water partition coefficient (Wildman–Crippen LogP) is 4.99. The number of rotatable bonds is 9. The number of benzene rings is 1. The highest BCUT2D eigenvalue weighted by atomic mass is 35.8. The van der Waals surface area contributed by atoms with Crippen LogP contribution < -0.4 is 4.74 Å². The normalized spacial score (nSPS) is 11.5. The number of halogens is 3. The summed E-state index contributed by atoms with van der Waals surface area (Å²) in [6.45, 7) is 0. The van der Waals surface area contributed by atoms with Crippen molar-refractivity contribution in [1.29, 1.82) is 0 Å². The van der Waals surface area contributed by atoms with Gasteiger partial charge in [-0.1, -0.05) is 25.0 Å². The van der Waals surface area contributed by atoms with Crippen LogP contribution in [0.1, 0.15) is 31.2 Å². The maximum absolute atomic E-state index is 11.7. The molecule has 0 aliphatic rings. The van der Waals surface area contributed by atoms with Gasteiger partial charge in [0, 0.05) is 12.5 Å². The average Bonchev–Trinajstić information content (AvgIpc) is 2.52. The van der Waals surface area contributed by atoms with E-state index < -0.39 is 12.0 Å². The summed E-state index contributed by atoms with van der Waals surface area (Å²) in [4.78, 5) is 22.7. The molecule has 0 radical (unpaired) electrons. The zero-order valence-electron chi connectivity index (χ0n) is 13.3. The molecule has 0 amide bonds. The molecule has 1 aromatic rings. The first kappa shape index (κ1) is 21.0. The van der Waals surface area contributed by atoms with Crippen LogP contribution >= 0.6 is 33.2 Å². The second-order valence-electron chi connectivity index (χ2n) is 5.08. The number of hydrogen-bond acceptors (Lipinski definition) is 4. The standard InChI is InChI=1S/C16H19Cl3O4Si/c1-22-15(20)11-8-13-6-9-14(10-7-13)23-16(21)5-3-2-4-12-24(17,18)19/h6-11H,2-5,12H2,1H3. The van der Waals surface area contributed by atoms with Crippen molar-refractivity contribution >= 4 is 57.3 Å². The van der Waals surface area contributed by atoms with Crippen LogP contribution in [0.15, 0.2) is 30.3 Å². The summed E-state index contributed by atoms with van der Waals surface area (Å²) in [6, 6.07) is 4.88. The zero-order chi connectivity index (χ0) is 18.0. The van der Waals surface area contributed by atoms with E-state index in [0.717, 1.165) is 18.4 Å². The fraction of sp³-hybridized carbons (Fsp3) is 0.375. The Kier molecular flexibility index (Phi) is 9.44. The summed E-state index contributed by atoms with van der Waals surface area (Å²) in [5.74, 6) is -0.259. The van der Waals surface area contributed by atoms with Crippen LogP contribution in [0, 0.1) is 0 Å². The number of hydrogen-bond donors (Lipinski definition) is 0. The third-order valence-electron chi connectivity index (χ3n) is 3.07. The van der Waals surface area contributed by atoms with E-state index in [4.69, 9.17) is 38.0 Å². The number of ether oxygens (including phenoxy) is 2. The van der Waals surface area contributed by atoms with E-state index in [1.54, 1.807) is 30.3 Å². The predicted molar refractivity (Wildman–Crippen MR) is 99.7 cm³/mol. The van der Waals surface area contributed by atoms with Crippen LogP contribution in [0.4, 0.5) is 0 Å². The first-order valence-electron chi connectivity index (χ1n) is 7.43. The van der Waals surface area contributed by atoms with Crippen LogP contribution in [-0.2, 0) is 14.3 Å². The molecule has 0 saturated carbocycles. The van der Waals surface area contributed by atoms with Gasteiger partial charge in [-0.2, -0.15) is 0 Å². The Bertz CT molecular complexity index is 568. The van der Waals surface area contributed by atoms with Gasteiger partial charge in [0.25, 0.3) is 0 Å². The minimum absolute atomic E-state index is 0.293. The largest absolute Gasteiger partial charge is 0.466 e. The van der Waals surface area contributed by atoms with E-state index in [0.29, 0.717) is 24.6 Å². The summed E-state index contributed by atoms with van der Waals surface area (Å²) >= 11 is 17.4. The lowest BCUT2D eigenvalue weighted by Gasteiger charge is -2.07. The molecule has 0 N–H and O–H groups in total. The molecule has 1 aromatic carbocycles. The Balaban J connectivity index is 2.32. The van der Waals surface area contributed by atoms with Gasteiger partial charge in [0.15, 0.2) is 0 Å². The summed E-state index contributed by atoms with van der Waals surface area (Å²) in [5.41, 5.74) is 0.802. The molecule has 132 valence electrons. The van der Waals surface area contributed by atoms with Gasteiger partial charge in [-0.05, 0) is 36.2 Å². The van der Waals surface area contributed by atoms with Crippen molar-refractivity contribution in [3.63, 3.8) is 0 Å². The molecule has 0 spiro atoms. The SMILES string of the molecule is COC(=O)C=Cc1ccc(OC(=O)CCCCC[Si](Cl)(Cl)Cl)cc1. The number of methoxy groups -OCH3 is 1. The van der Waals surface area contributed by atoms with E-state index in [1.165, 1.54) is 13.2 Å². The molecule has 0 unspecified atom stereocenters. The first-order valence-corrected chi connectivity index (χ1v) is 12.7. The molecule has 0 saturated heterocycles.